The molecule has 0 aliphatic heterocycles. The van der Waals surface area contributed by atoms with Gasteiger partial charge in [-0.15, -0.1) is 0 Å². The summed E-state index contributed by atoms with van der Waals surface area (Å²) in [6.07, 6.45) is 1.07. The molecule has 19 heavy (non-hydrogen) atoms. The lowest BCUT2D eigenvalue weighted by Gasteiger charge is -2.08. The third-order valence-electron chi connectivity index (χ3n) is 2.63. The molecular weight excluding hydrogens is 304 g/mol. The van der Waals surface area contributed by atoms with Gasteiger partial charge in [0, 0.05) is 17.1 Å². The van der Waals surface area contributed by atoms with Gasteiger partial charge in [0.25, 0.3) is 0 Å². The predicted molar refractivity (Wildman–Crippen MR) is 82.0 cm³/mol. The van der Waals surface area contributed by atoms with Gasteiger partial charge in [-0.2, -0.15) is 4.98 Å². The molecular formula is C15H17BrN2O. The number of aryl methyl sites for hydroxylation is 1. The Bertz CT molecular complexity index is 558. The Balaban J connectivity index is 2.11. The fourth-order valence-corrected chi connectivity index (χ4v) is 1.87. The summed E-state index contributed by atoms with van der Waals surface area (Å²) in [5.41, 5.74) is 1.14. The minimum atomic E-state index is 0.600. The number of pyridine rings is 1. The van der Waals surface area contributed by atoms with Crippen molar-refractivity contribution in [3.63, 3.8) is 0 Å². The number of aromatic nitrogens is 1. The average Bonchev–Trinajstić information content (AvgIpc) is 2.41. The van der Waals surface area contributed by atoms with Crippen LogP contribution < -0.4 is 10.1 Å². The maximum Gasteiger partial charge on any atom is 0.221 e. The van der Waals surface area contributed by atoms with Crippen LogP contribution in [0.4, 0.5) is 5.82 Å². The molecule has 1 N–H and O–H groups in total. The summed E-state index contributed by atoms with van der Waals surface area (Å²) >= 11 is 3.47. The van der Waals surface area contributed by atoms with Gasteiger partial charge < -0.3 is 10.1 Å². The summed E-state index contributed by atoms with van der Waals surface area (Å²) in [4.78, 5) is 4.41. The van der Waals surface area contributed by atoms with Crippen LogP contribution in [0.15, 0.2) is 40.9 Å². The van der Waals surface area contributed by atoms with Gasteiger partial charge in [-0.1, -0.05) is 28.9 Å². The molecule has 2 rings (SSSR count). The first-order chi connectivity index (χ1) is 9.19. The van der Waals surface area contributed by atoms with Crippen molar-refractivity contribution in [3.8, 4) is 11.6 Å². The van der Waals surface area contributed by atoms with Gasteiger partial charge in [0.1, 0.15) is 11.6 Å². The first-order valence-electron chi connectivity index (χ1n) is 6.34. The van der Waals surface area contributed by atoms with Gasteiger partial charge in [0.15, 0.2) is 0 Å². The van der Waals surface area contributed by atoms with Gasteiger partial charge in [-0.25, -0.2) is 0 Å². The molecule has 0 bridgehead atoms. The summed E-state index contributed by atoms with van der Waals surface area (Å²) in [6, 6.07) is 11.6. The molecule has 0 saturated heterocycles. The molecule has 0 unspecified atom stereocenters. The molecule has 100 valence electrons. The summed E-state index contributed by atoms with van der Waals surface area (Å²) in [6.45, 7) is 5.06. The van der Waals surface area contributed by atoms with Crippen LogP contribution in [-0.2, 0) is 0 Å². The molecule has 1 heterocycles. The molecule has 2 aromatic rings. The predicted octanol–water partition coefficient (Wildman–Crippen LogP) is 4.77. The van der Waals surface area contributed by atoms with Gasteiger partial charge >= 0.3 is 0 Å². The number of nitrogens with zero attached hydrogens (tertiary/aromatic N) is 1. The maximum atomic E-state index is 5.76. The van der Waals surface area contributed by atoms with Crippen LogP contribution in [0.1, 0.15) is 18.9 Å². The second-order valence-electron chi connectivity index (χ2n) is 4.30. The number of hydrogen-bond acceptors (Lipinski definition) is 3. The zero-order valence-corrected chi connectivity index (χ0v) is 12.7. The van der Waals surface area contributed by atoms with Crippen molar-refractivity contribution in [2.45, 2.75) is 20.3 Å². The lowest BCUT2D eigenvalue weighted by atomic mass is 10.2. The zero-order valence-electron chi connectivity index (χ0n) is 11.1. The Hall–Kier alpha value is -1.55. The zero-order chi connectivity index (χ0) is 13.7. The number of benzene rings is 1. The largest absolute Gasteiger partial charge is 0.439 e. The summed E-state index contributed by atoms with van der Waals surface area (Å²) < 4.78 is 6.84. The topological polar surface area (TPSA) is 34.1 Å². The van der Waals surface area contributed by atoms with E-state index in [-0.39, 0.29) is 0 Å². The van der Waals surface area contributed by atoms with Crippen molar-refractivity contribution in [2.24, 2.45) is 0 Å². The van der Waals surface area contributed by atoms with Crippen LogP contribution in [-0.4, -0.2) is 11.5 Å². The van der Waals surface area contributed by atoms with Crippen molar-refractivity contribution >= 4 is 21.7 Å². The minimum Gasteiger partial charge on any atom is -0.439 e. The third-order valence-corrected chi connectivity index (χ3v) is 3.52. The molecule has 0 atom stereocenters. The Morgan fingerprint density at radius 1 is 1.26 bits per heavy atom. The molecule has 3 nitrogen and oxygen atoms in total. The molecule has 0 fully saturated rings. The molecule has 1 aromatic carbocycles. The van der Waals surface area contributed by atoms with E-state index in [1.165, 1.54) is 0 Å². The highest BCUT2D eigenvalue weighted by molar-refractivity contribution is 9.10. The molecule has 0 aliphatic rings. The molecule has 0 spiro atoms. The van der Waals surface area contributed by atoms with Crippen molar-refractivity contribution in [1.29, 1.82) is 0 Å². The van der Waals surface area contributed by atoms with E-state index in [4.69, 9.17) is 4.74 Å². The molecule has 4 heteroatoms. The lowest BCUT2D eigenvalue weighted by Crippen LogP contribution is -2.02. The highest BCUT2D eigenvalue weighted by atomic mass is 79.9. The van der Waals surface area contributed by atoms with Crippen molar-refractivity contribution in [3.05, 3.63) is 46.4 Å². The Labute approximate surface area is 122 Å². The quantitative estimate of drug-likeness (QED) is 0.861. The molecule has 1 aromatic heterocycles. The second kappa shape index (κ2) is 6.57. The van der Waals surface area contributed by atoms with E-state index in [1.54, 1.807) is 0 Å². The van der Waals surface area contributed by atoms with Crippen LogP contribution in [0, 0.1) is 6.92 Å². The van der Waals surface area contributed by atoms with E-state index in [2.05, 4.69) is 33.2 Å². The third kappa shape index (κ3) is 3.96. The van der Waals surface area contributed by atoms with E-state index in [9.17, 15) is 0 Å². The standard InChI is InChI=1S/C15H17BrN2O/c1-3-9-17-14-5-4-6-15(18-14)19-12-7-8-13(16)11(2)10-12/h4-8,10H,3,9H2,1-2H3,(H,17,18). The first-order valence-corrected chi connectivity index (χ1v) is 7.13. The normalized spacial score (nSPS) is 10.3. The Kier molecular flexibility index (Phi) is 4.80. The second-order valence-corrected chi connectivity index (χ2v) is 5.16. The monoisotopic (exact) mass is 320 g/mol. The SMILES string of the molecule is CCCNc1cccc(Oc2ccc(Br)c(C)c2)n1. The lowest BCUT2D eigenvalue weighted by molar-refractivity contribution is 0.463. The first kappa shape index (κ1) is 13.9. The number of nitrogens with one attached hydrogen (secondary N) is 1. The van der Waals surface area contributed by atoms with Gasteiger partial charge in [-0.05, 0) is 43.2 Å². The smallest absolute Gasteiger partial charge is 0.221 e. The van der Waals surface area contributed by atoms with E-state index >= 15 is 0 Å². The van der Waals surface area contributed by atoms with Crippen molar-refractivity contribution in [1.82, 2.24) is 4.98 Å². The number of ether oxygens (including phenoxy) is 1. The van der Waals surface area contributed by atoms with Gasteiger partial charge in [0.05, 0.1) is 0 Å². The average molecular weight is 321 g/mol. The summed E-state index contributed by atoms with van der Waals surface area (Å²) in [5, 5.41) is 3.24. The van der Waals surface area contributed by atoms with E-state index in [1.807, 2.05) is 43.3 Å². The summed E-state index contributed by atoms with van der Waals surface area (Å²) in [7, 11) is 0. The molecule has 0 aliphatic carbocycles. The number of rotatable bonds is 5. The number of anilines is 1. The van der Waals surface area contributed by atoms with Crippen LogP contribution >= 0.6 is 15.9 Å². The number of halogens is 1. The highest BCUT2D eigenvalue weighted by Gasteiger charge is 2.02. The fraction of sp³-hybridized carbons (Fsp3) is 0.267. The van der Waals surface area contributed by atoms with E-state index in [0.717, 1.165) is 34.6 Å². The van der Waals surface area contributed by atoms with Crippen LogP contribution in [0.2, 0.25) is 0 Å². The minimum absolute atomic E-state index is 0.600. The fourth-order valence-electron chi connectivity index (χ4n) is 1.62. The van der Waals surface area contributed by atoms with Gasteiger partial charge in [0.2, 0.25) is 5.88 Å². The Morgan fingerprint density at radius 2 is 2.11 bits per heavy atom. The van der Waals surface area contributed by atoms with Gasteiger partial charge in [-0.3, -0.25) is 0 Å². The van der Waals surface area contributed by atoms with Crippen LogP contribution in [0.3, 0.4) is 0 Å². The van der Waals surface area contributed by atoms with Crippen LogP contribution in [0.5, 0.6) is 11.6 Å². The van der Waals surface area contributed by atoms with E-state index in [0.29, 0.717) is 5.88 Å². The molecule has 0 radical (unpaired) electrons. The molecule has 0 saturated carbocycles. The highest BCUT2D eigenvalue weighted by Crippen LogP contribution is 2.25. The maximum absolute atomic E-state index is 5.76. The van der Waals surface area contributed by atoms with Crippen LogP contribution in [0.25, 0.3) is 0 Å². The molecule has 0 amide bonds. The van der Waals surface area contributed by atoms with E-state index < -0.39 is 0 Å². The van der Waals surface area contributed by atoms with Crippen molar-refractivity contribution < 1.29 is 4.74 Å². The number of hydrogen-bond donors (Lipinski definition) is 1. The van der Waals surface area contributed by atoms with Crippen molar-refractivity contribution in [2.75, 3.05) is 11.9 Å². The Morgan fingerprint density at radius 3 is 2.84 bits per heavy atom. The summed E-state index contributed by atoms with van der Waals surface area (Å²) in [5.74, 6) is 2.23.